The molecule has 138 valence electrons. The van der Waals surface area contributed by atoms with E-state index >= 15 is 0 Å². The van der Waals surface area contributed by atoms with Crippen LogP contribution < -0.4 is 0 Å². The smallest absolute Gasteiger partial charge is 0.192 e. The van der Waals surface area contributed by atoms with Gasteiger partial charge in [0.25, 0.3) is 0 Å². The van der Waals surface area contributed by atoms with Gasteiger partial charge in [-0.15, -0.1) is 0 Å². The Kier molecular flexibility index (Phi) is 9.05. The van der Waals surface area contributed by atoms with E-state index in [1.165, 1.54) is 0 Å². The second-order valence-electron chi connectivity index (χ2n) is 9.32. The van der Waals surface area contributed by atoms with Crippen LogP contribution in [0.15, 0.2) is 0 Å². The summed E-state index contributed by atoms with van der Waals surface area (Å²) in [4.78, 5) is 0. The average molecular weight is 367 g/mol. The van der Waals surface area contributed by atoms with Gasteiger partial charge in [-0.3, -0.25) is 0 Å². The second kappa shape index (κ2) is 9.25. The first kappa shape index (κ1) is 23.5. The number of rotatable bonds is 6. The van der Waals surface area contributed by atoms with Crippen molar-refractivity contribution in [2.45, 2.75) is 90.6 Å². The molecule has 2 nitrogen and oxygen atoms in total. The Labute approximate surface area is 153 Å². The number of hydrogen-bond donors (Lipinski definition) is 0. The maximum atomic E-state index is 6.08. The molecule has 0 rings (SSSR count). The summed E-state index contributed by atoms with van der Waals surface area (Å²) >= 11 is 0. The van der Waals surface area contributed by atoms with E-state index in [9.17, 15) is 0 Å². The first-order valence-electron chi connectivity index (χ1n) is 8.94. The highest BCUT2D eigenvalue weighted by atomic mass is 28.4. The molecule has 24 heavy (non-hydrogen) atoms. The third-order valence-electron chi connectivity index (χ3n) is 5.23. The van der Waals surface area contributed by atoms with E-state index in [0.29, 0.717) is 13.2 Å². The van der Waals surface area contributed by atoms with Gasteiger partial charge in [0.05, 0.1) is 0 Å². The van der Waals surface area contributed by atoms with Crippen LogP contribution in [0.25, 0.3) is 0 Å². The first-order valence-corrected chi connectivity index (χ1v) is 14.8. The molecule has 0 bridgehead atoms. The fourth-order valence-corrected chi connectivity index (χ4v) is 3.45. The van der Waals surface area contributed by atoms with Gasteiger partial charge < -0.3 is 8.85 Å². The average Bonchev–Trinajstić information content (AvgIpc) is 2.38. The van der Waals surface area contributed by atoms with E-state index in [-0.39, 0.29) is 10.1 Å². The van der Waals surface area contributed by atoms with Crippen molar-refractivity contribution >= 4 is 16.6 Å². The highest BCUT2D eigenvalue weighted by molar-refractivity contribution is 6.74. The lowest BCUT2D eigenvalue weighted by Gasteiger charge is -2.35. The van der Waals surface area contributed by atoms with Gasteiger partial charge in [-0.25, -0.2) is 0 Å². The lowest BCUT2D eigenvalue weighted by atomic mass is 10.2. The molecule has 0 radical (unpaired) electrons. The molecule has 0 unspecified atom stereocenters. The molecular formula is C20H38O2Si2. The summed E-state index contributed by atoms with van der Waals surface area (Å²) in [6.07, 6.45) is 1.50. The zero-order chi connectivity index (χ0) is 19.1. The molecule has 0 aliphatic rings. The molecule has 0 N–H and O–H groups in total. The van der Waals surface area contributed by atoms with Crippen LogP contribution in [0.5, 0.6) is 0 Å². The van der Waals surface area contributed by atoms with Crippen molar-refractivity contribution in [3.63, 3.8) is 0 Å². The maximum Gasteiger partial charge on any atom is 0.192 e. The predicted molar refractivity (Wildman–Crippen MR) is 111 cm³/mol. The molecule has 0 aliphatic carbocycles. The Morgan fingerprint density at radius 1 is 0.625 bits per heavy atom. The van der Waals surface area contributed by atoms with Gasteiger partial charge in [0, 0.05) is 26.1 Å². The first-order chi connectivity index (χ1) is 10.7. The lowest BCUT2D eigenvalue weighted by Crippen LogP contribution is -2.40. The molecule has 0 aromatic heterocycles. The molecule has 0 atom stereocenters. The van der Waals surface area contributed by atoms with Gasteiger partial charge in [0.15, 0.2) is 16.6 Å². The molecule has 0 saturated heterocycles. The monoisotopic (exact) mass is 366 g/mol. The summed E-state index contributed by atoms with van der Waals surface area (Å²) in [7, 11) is -3.28. The Hall–Kier alpha value is -0.526. The Balaban J connectivity index is 4.05. The zero-order valence-corrected chi connectivity index (χ0v) is 19.6. The van der Waals surface area contributed by atoms with Crippen LogP contribution >= 0.6 is 0 Å². The summed E-state index contributed by atoms with van der Waals surface area (Å²) in [5, 5.41) is 0.509. The van der Waals surface area contributed by atoms with Crippen LogP contribution in [0.2, 0.25) is 36.3 Å². The summed E-state index contributed by atoms with van der Waals surface area (Å²) in [6.45, 7) is 24.0. The Morgan fingerprint density at radius 2 is 0.917 bits per heavy atom. The third-order valence-corrected chi connectivity index (χ3v) is 14.3. The van der Waals surface area contributed by atoms with Crippen LogP contribution in [0, 0.1) is 23.7 Å². The van der Waals surface area contributed by atoms with Crippen LogP contribution in [-0.2, 0) is 8.85 Å². The van der Waals surface area contributed by atoms with Gasteiger partial charge in [-0.1, -0.05) is 53.4 Å². The molecule has 0 aromatic carbocycles. The van der Waals surface area contributed by atoms with E-state index in [1.54, 1.807) is 0 Å². The minimum atomic E-state index is -1.64. The van der Waals surface area contributed by atoms with Gasteiger partial charge >= 0.3 is 0 Å². The van der Waals surface area contributed by atoms with Crippen molar-refractivity contribution < 1.29 is 8.85 Å². The van der Waals surface area contributed by atoms with Crippen molar-refractivity contribution in [1.82, 2.24) is 0 Å². The van der Waals surface area contributed by atoms with E-state index in [1.807, 2.05) is 0 Å². The highest BCUT2D eigenvalue weighted by Crippen LogP contribution is 2.37. The summed E-state index contributed by atoms with van der Waals surface area (Å²) in [5.74, 6) is 12.0. The third kappa shape index (κ3) is 8.54. The lowest BCUT2D eigenvalue weighted by molar-refractivity contribution is 0.296. The van der Waals surface area contributed by atoms with E-state index in [2.05, 4.69) is 91.4 Å². The van der Waals surface area contributed by atoms with Crippen molar-refractivity contribution in [1.29, 1.82) is 0 Å². The quantitative estimate of drug-likeness (QED) is 0.335. The fourth-order valence-electron chi connectivity index (χ4n) is 1.36. The van der Waals surface area contributed by atoms with Gasteiger partial charge in [-0.2, -0.15) is 0 Å². The van der Waals surface area contributed by atoms with Crippen molar-refractivity contribution in [2.24, 2.45) is 0 Å². The van der Waals surface area contributed by atoms with Gasteiger partial charge in [0.2, 0.25) is 0 Å². The largest absolute Gasteiger partial charge is 0.416 e. The maximum absolute atomic E-state index is 6.08. The molecule has 0 saturated carbocycles. The van der Waals surface area contributed by atoms with E-state index in [0.717, 1.165) is 12.8 Å². The Morgan fingerprint density at radius 3 is 1.17 bits per heavy atom. The van der Waals surface area contributed by atoms with Gasteiger partial charge in [0.1, 0.15) is 0 Å². The van der Waals surface area contributed by atoms with Gasteiger partial charge in [-0.05, 0) is 48.1 Å². The molecule has 0 aromatic rings. The molecular weight excluding hydrogens is 328 g/mol. The summed E-state index contributed by atoms with van der Waals surface area (Å²) in [6, 6.07) is 0. The standard InChI is InChI=1S/C20H38O2Si2/c1-19(2,3)23(7,8)21-17-15-13-11-12-14-16-18-22-24(9,10)20(4,5)6/h15-18H2,1-10H3. The summed E-state index contributed by atoms with van der Waals surface area (Å²) < 4.78 is 12.2. The van der Waals surface area contributed by atoms with Crippen molar-refractivity contribution in [2.75, 3.05) is 13.2 Å². The van der Waals surface area contributed by atoms with Crippen LogP contribution in [0.1, 0.15) is 54.4 Å². The molecule has 0 fully saturated rings. The van der Waals surface area contributed by atoms with Crippen LogP contribution in [0.3, 0.4) is 0 Å². The minimum absolute atomic E-state index is 0.254. The second-order valence-corrected chi connectivity index (χ2v) is 18.9. The predicted octanol–water partition coefficient (Wildman–Crippen LogP) is 5.82. The normalized spacial score (nSPS) is 12.9. The highest BCUT2D eigenvalue weighted by Gasteiger charge is 2.37. The topological polar surface area (TPSA) is 18.5 Å². The SMILES string of the molecule is CC(C)(C)[Si](C)(C)OCCC#CC#CCCO[Si](C)(C)C(C)(C)C. The van der Waals surface area contributed by atoms with E-state index in [4.69, 9.17) is 8.85 Å². The van der Waals surface area contributed by atoms with Crippen LogP contribution in [0.4, 0.5) is 0 Å². The zero-order valence-electron chi connectivity index (χ0n) is 17.6. The molecule has 0 spiro atoms. The molecule has 0 heterocycles. The Bertz CT molecular complexity index is 452. The summed E-state index contributed by atoms with van der Waals surface area (Å²) in [5.41, 5.74) is 0. The minimum Gasteiger partial charge on any atom is -0.416 e. The van der Waals surface area contributed by atoms with Crippen molar-refractivity contribution in [3.8, 4) is 23.7 Å². The fraction of sp³-hybridized carbons (Fsp3) is 0.800. The molecule has 4 heteroatoms. The molecule has 0 amide bonds. The van der Waals surface area contributed by atoms with Crippen LogP contribution in [-0.4, -0.2) is 29.8 Å². The van der Waals surface area contributed by atoms with Crippen molar-refractivity contribution in [3.05, 3.63) is 0 Å². The number of hydrogen-bond acceptors (Lipinski definition) is 2. The van der Waals surface area contributed by atoms with E-state index < -0.39 is 16.6 Å². The molecule has 0 aliphatic heterocycles.